The molecule has 2 aromatic rings. The van der Waals surface area contributed by atoms with Gasteiger partial charge in [0.15, 0.2) is 0 Å². The Labute approximate surface area is 145 Å². The lowest BCUT2D eigenvalue weighted by atomic mass is 10.00. The number of carboxylic acids is 1. The zero-order chi connectivity index (χ0) is 19.8. The van der Waals surface area contributed by atoms with Crippen molar-refractivity contribution in [2.24, 2.45) is 19.8 Å². The zero-order valence-electron chi connectivity index (χ0n) is 13.9. The summed E-state index contributed by atoms with van der Waals surface area (Å²) in [4.78, 5) is 34.9. The number of halogens is 3. The summed E-state index contributed by atoms with van der Waals surface area (Å²) in [5.74, 6) is -1.21. The normalized spacial score (nSPS) is 12.8. The molecule has 0 fully saturated rings. The first kappa shape index (κ1) is 19.4. The third-order valence-corrected chi connectivity index (χ3v) is 3.95. The van der Waals surface area contributed by atoms with Crippen LogP contribution in [0.25, 0.3) is 11.1 Å². The summed E-state index contributed by atoms with van der Waals surface area (Å²) in [6.45, 7) is 0. The highest BCUT2D eigenvalue weighted by Gasteiger charge is 2.39. The Morgan fingerprint density at radius 2 is 1.69 bits per heavy atom. The van der Waals surface area contributed by atoms with Crippen LogP contribution < -0.4 is 17.0 Å². The van der Waals surface area contributed by atoms with Crippen molar-refractivity contribution in [2.45, 2.75) is 18.6 Å². The molecule has 0 aliphatic rings. The van der Waals surface area contributed by atoms with Gasteiger partial charge in [-0.2, -0.15) is 13.2 Å². The van der Waals surface area contributed by atoms with E-state index in [-0.39, 0.29) is 12.0 Å². The van der Waals surface area contributed by atoms with Crippen molar-refractivity contribution in [1.29, 1.82) is 0 Å². The topological polar surface area (TPSA) is 107 Å². The van der Waals surface area contributed by atoms with Crippen molar-refractivity contribution < 1.29 is 23.1 Å². The molecule has 140 valence electrons. The van der Waals surface area contributed by atoms with Crippen LogP contribution in [-0.2, 0) is 31.5 Å². The first-order chi connectivity index (χ1) is 11.9. The van der Waals surface area contributed by atoms with E-state index < -0.39 is 40.7 Å². The first-order valence-corrected chi connectivity index (χ1v) is 7.40. The van der Waals surface area contributed by atoms with Gasteiger partial charge in [-0.25, -0.2) is 4.79 Å². The van der Waals surface area contributed by atoms with E-state index in [1.54, 1.807) is 0 Å². The van der Waals surface area contributed by atoms with Crippen LogP contribution in [0.4, 0.5) is 13.2 Å². The lowest BCUT2D eigenvalue weighted by Crippen LogP contribution is -2.41. The van der Waals surface area contributed by atoms with E-state index >= 15 is 0 Å². The molecule has 1 atom stereocenters. The number of nitrogens with two attached hydrogens (primary N) is 1. The Kier molecular flexibility index (Phi) is 5.08. The Hall–Kier alpha value is -2.88. The Morgan fingerprint density at radius 3 is 2.15 bits per heavy atom. The molecule has 26 heavy (non-hydrogen) atoms. The van der Waals surface area contributed by atoms with Crippen LogP contribution in [0.1, 0.15) is 11.3 Å². The average molecular weight is 371 g/mol. The number of nitrogens with zero attached hydrogens (tertiary/aromatic N) is 2. The number of carbonyl (C=O) groups is 1. The van der Waals surface area contributed by atoms with Crippen molar-refractivity contribution in [1.82, 2.24) is 9.13 Å². The number of benzene rings is 1. The molecule has 10 heteroatoms. The number of hydrogen-bond acceptors (Lipinski definition) is 4. The number of carboxylic acid groups (broad SMARTS) is 1. The predicted molar refractivity (Wildman–Crippen MR) is 86.7 cm³/mol. The van der Waals surface area contributed by atoms with E-state index in [0.29, 0.717) is 14.7 Å². The van der Waals surface area contributed by atoms with Gasteiger partial charge in [0.2, 0.25) is 0 Å². The van der Waals surface area contributed by atoms with Gasteiger partial charge in [0, 0.05) is 14.1 Å². The van der Waals surface area contributed by atoms with Gasteiger partial charge < -0.3 is 10.8 Å². The van der Waals surface area contributed by atoms with E-state index in [0.717, 1.165) is 14.1 Å². The van der Waals surface area contributed by atoms with Crippen LogP contribution in [0.15, 0.2) is 33.9 Å². The summed E-state index contributed by atoms with van der Waals surface area (Å²) in [6.07, 6.45) is -4.94. The molecule has 0 radical (unpaired) electrons. The van der Waals surface area contributed by atoms with Crippen LogP contribution in [0.5, 0.6) is 0 Å². The van der Waals surface area contributed by atoms with Gasteiger partial charge in [0.05, 0.1) is 5.56 Å². The summed E-state index contributed by atoms with van der Waals surface area (Å²) in [5, 5.41) is 8.80. The van der Waals surface area contributed by atoms with Crippen molar-refractivity contribution in [3.05, 3.63) is 56.4 Å². The molecule has 0 saturated carbocycles. The van der Waals surface area contributed by atoms with Crippen LogP contribution >= 0.6 is 0 Å². The smallest absolute Gasteiger partial charge is 0.432 e. The van der Waals surface area contributed by atoms with E-state index in [4.69, 9.17) is 10.8 Å². The van der Waals surface area contributed by atoms with Gasteiger partial charge in [0.25, 0.3) is 5.56 Å². The number of rotatable bonds is 4. The molecule has 2 rings (SSSR count). The van der Waals surface area contributed by atoms with Gasteiger partial charge in [-0.15, -0.1) is 0 Å². The maximum Gasteiger partial charge on any atom is 0.432 e. The Balaban J connectivity index is 2.64. The minimum Gasteiger partial charge on any atom is -0.480 e. The molecule has 1 heterocycles. The maximum atomic E-state index is 13.4. The molecule has 0 saturated heterocycles. The highest BCUT2D eigenvalue weighted by molar-refractivity contribution is 5.73. The second-order valence-corrected chi connectivity index (χ2v) is 5.77. The van der Waals surface area contributed by atoms with Crippen molar-refractivity contribution in [2.75, 3.05) is 0 Å². The maximum absolute atomic E-state index is 13.4. The summed E-state index contributed by atoms with van der Waals surface area (Å²) < 4.78 is 41.3. The summed E-state index contributed by atoms with van der Waals surface area (Å²) in [5.41, 5.74) is 1.70. The van der Waals surface area contributed by atoms with Crippen LogP contribution in [-0.4, -0.2) is 26.3 Å². The van der Waals surface area contributed by atoms with Gasteiger partial charge in [-0.1, -0.05) is 24.3 Å². The monoisotopic (exact) mass is 371 g/mol. The number of aliphatic carboxylic acids is 1. The first-order valence-electron chi connectivity index (χ1n) is 7.40. The lowest BCUT2D eigenvalue weighted by molar-refractivity contribution is -0.143. The van der Waals surface area contributed by atoms with Gasteiger partial charge in [0.1, 0.15) is 11.7 Å². The second kappa shape index (κ2) is 6.79. The molecule has 0 unspecified atom stereocenters. The molecule has 0 bridgehead atoms. The lowest BCUT2D eigenvalue weighted by Gasteiger charge is -2.17. The van der Waals surface area contributed by atoms with Crippen molar-refractivity contribution in [3.8, 4) is 11.1 Å². The third-order valence-electron chi connectivity index (χ3n) is 3.95. The fraction of sp³-hybridized carbons (Fsp3) is 0.312. The van der Waals surface area contributed by atoms with E-state index in [9.17, 15) is 27.6 Å². The molecule has 3 N–H and O–H groups in total. The summed E-state index contributed by atoms with van der Waals surface area (Å²) >= 11 is 0. The molecular formula is C16H16F3N3O4. The fourth-order valence-corrected chi connectivity index (χ4v) is 2.59. The van der Waals surface area contributed by atoms with Crippen LogP contribution in [0, 0.1) is 0 Å². The minimum atomic E-state index is -4.92. The van der Waals surface area contributed by atoms with E-state index in [1.165, 1.54) is 24.3 Å². The zero-order valence-corrected chi connectivity index (χ0v) is 13.9. The molecule has 0 aliphatic carbocycles. The highest BCUT2D eigenvalue weighted by Crippen LogP contribution is 2.34. The average Bonchev–Trinajstić information content (AvgIpc) is 2.55. The van der Waals surface area contributed by atoms with E-state index in [1.807, 2.05) is 0 Å². The van der Waals surface area contributed by atoms with Gasteiger partial charge in [-0.3, -0.25) is 18.7 Å². The quantitative estimate of drug-likeness (QED) is 0.824. The molecule has 0 amide bonds. The molecule has 0 spiro atoms. The summed E-state index contributed by atoms with van der Waals surface area (Å²) in [6, 6.07) is 4.16. The standard InChI is InChI=1S/C16H16F3N3O4/c1-21-12(16(17,18)19)11(13(23)22(2)15(21)26)9-5-3-8(4-6-9)7-10(20)14(24)25/h3-6,10H,7,20H2,1-2H3,(H,24,25)/t10-/m0/s1. The third kappa shape index (κ3) is 3.54. The van der Waals surface area contributed by atoms with Crippen molar-refractivity contribution in [3.63, 3.8) is 0 Å². The highest BCUT2D eigenvalue weighted by atomic mass is 19.4. The number of aromatic nitrogens is 2. The Bertz CT molecular complexity index is 959. The second-order valence-electron chi connectivity index (χ2n) is 5.77. The van der Waals surface area contributed by atoms with Gasteiger partial charge >= 0.3 is 17.8 Å². The molecule has 7 nitrogen and oxygen atoms in total. The fourth-order valence-electron chi connectivity index (χ4n) is 2.59. The van der Waals surface area contributed by atoms with Gasteiger partial charge in [-0.05, 0) is 17.5 Å². The minimum absolute atomic E-state index is 0.0208. The summed E-state index contributed by atoms with van der Waals surface area (Å²) in [7, 11) is 2.03. The van der Waals surface area contributed by atoms with Crippen molar-refractivity contribution >= 4 is 5.97 Å². The number of hydrogen-bond donors (Lipinski definition) is 2. The molecular weight excluding hydrogens is 355 g/mol. The largest absolute Gasteiger partial charge is 0.480 e. The van der Waals surface area contributed by atoms with Crippen LogP contribution in [0.3, 0.4) is 0 Å². The molecule has 1 aromatic carbocycles. The SMILES string of the molecule is Cn1c(C(F)(F)F)c(-c2ccc(C[C@H](N)C(=O)O)cc2)c(=O)n(C)c1=O. The van der Waals surface area contributed by atoms with Crippen LogP contribution in [0.2, 0.25) is 0 Å². The molecule has 0 aliphatic heterocycles. The Morgan fingerprint density at radius 1 is 1.15 bits per heavy atom. The van der Waals surface area contributed by atoms with E-state index in [2.05, 4.69) is 0 Å². The predicted octanol–water partition coefficient (Wildman–Crippen LogP) is 0.724. The number of alkyl halides is 3. The molecule has 1 aromatic heterocycles.